The Morgan fingerprint density at radius 2 is 1.71 bits per heavy atom. The summed E-state index contributed by atoms with van der Waals surface area (Å²) < 4.78 is 26.6. The Bertz CT molecular complexity index is 503. The van der Waals surface area contributed by atoms with Crippen molar-refractivity contribution in [3.63, 3.8) is 0 Å². The predicted octanol–water partition coefficient (Wildman–Crippen LogP) is 3.13. The smallest absolute Gasteiger partial charge is 0.240 e. The molecule has 0 aromatic heterocycles. The molecule has 0 aliphatic carbocycles. The van der Waals surface area contributed by atoms with Crippen LogP contribution in [0.3, 0.4) is 0 Å². The van der Waals surface area contributed by atoms with Crippen molar-refractivity contribution in [3.05, 3.63) is 29.3 Å². The molecule has 1 N–H and O–H groups in total. The summed E-state index contributed by atoms with van der Waals surface area (Å²) in [6.45, 7) is 4.80. The zero-order valence-electron chi connectivity index (χ0n) is 12.8. The number of sulfonamides is 1. The van der Waals surface area contributed by atoms with Crippen LogP contribution >= 0.6 is 11.6 Å². The summed E-state index contributed by atoms with van der Waals surface area (Å²) in [4.78, 5) is 2.54. The molecular formula is C15H25ClN2O2S. The molecule has 1 aromatic carbocycles. The molecule has 0 aliphatic heterocycles. The molecule has 0 saturated carbocycles. The number of benzene rings is 1. The van der Waals surface area contributed by atoms with E-state index < -0.39 is 10.0 Å². The summed E-state index contributed by atoms with van der Waals surface area (Å²) in [5, 5.41) is 0.533. The van der Waals surface area contributed by atoms with Gasteiger partial charge >= 0.3 is 0 Å². The Hall–Kier alpha value is -0.620. The van der Waals surface area contributed by atoms with Gasteiger partial charge in [-0.25, -0.2) is 13.1 Å². The Morgan fingerprint density at radius 3 is 2.33 bits per heavy atom. The number of hydrogen-bond donors (Lipinski definition) is 1. The third-order valence-electron chi connectivity index (χ3n) is 3.42. The topological polar surface area (TPSA) is 49.4 Å². The van der Waals surface area contributed by atoms with Crippen LogP contribution in [0.25, 0.3) is 0 Å². The third-order valence-corrected chi connectivity index (χ3v) is 5.15. The van der Waals surface area contributed by atoms with E-state index in [1.165, 1.54) is 12.1 Å². The van der Waals surface area contributed by atoms with Gasteiger partial charge in [-0.2, -0.15) is 0 Å². The summed E-state index contributed by atoms with van der Waals surface area (Å²) in [6, 6.07) is 6.21. The van der Waals surface area contributed by atoms with Gasteiger partial charge in [0.05, 0.1) is 4.90 Å². The second-order valence-corrected chi connectivity index (χ2v) is 7.37. The lowest BCUT2D eigenvalue weighted by Gasteiger charge is -2.13. The highest BCUT2D eigenvalue weighted by Gasteiger charge is 2.12. The van der Waals surface area contributed by atoms with Gasteiger partial charge in [-0.3, -0.25) is 0 Å². The van der Waals surface area contributed by atoms with Crippen LogP contribution in [0.2, 0.25) is 5.02 Å². The average Bonchev–Trinajstić information content (AvgIpc) is 2.46. The van der Waals surface area contributed by atoms with E-state index in [-0.39, 0.29) is 4.90 Å². The molecule has 6 heteroatoms. The molecule has 0 spiro atoms. The summed E-state index contributed by atoms with van der Waals surface area (Å²) in [5.74, 6) is 0. The summed E-state index contributed by atoms with van der Waals surface area (Å²) in [7, 11) is -1.29. The molecular weight excluding hydrogens is 308 g/mol. The minimum absolute atomic E-state index is 0.261. The van der Waals surface area contributed by atoms with Crippen molar-refractivity contribution in [3.8, 4) is 0 Å². The maximum Gasteiger partial charge on any atom is 0.240 e. The minimum Gasteiger partial charge on any atom is -0.307 e. The van der Waals surface area contributed by atoms with Gasteiger partial charge in [-0.05, 0) is 57.2 Å². The van der Waals surface area contributed by atoms with E-state index in [1.807, 2.05) is 0 Å². The van der Waals surface area contributed by atoms with Crippen molar-refractivity contribution in [2.24, 2.45) is 0 Å². The molecule has 1 aromatic rings. The molecule has 120 valence electrons. The highest BCUT2D eigenvalue weighted by atomic mass is 35.5. The second-order valence-electron chi connectivity index (χ2n) is 5.16. The molecule has 0 atom stereocenters. The Kier molecular flexibility index (Phi) is 8.26. The van der Waals surface area contributed by atoms with Crippen LogP contribution in [0.1, 0.15) is 32.6 Å². The van der Waals surface area contributed by atoms with E-state index in [0.717, 1.165) is 38.8 Å². The first-order valence-electron chi connectivity index (χ1n) is 7.39. The number of nitrogens with zero attached hydrogens (tertiary/aromatic N) is 1. The van der Waals surface area contributed by atoms with E-state index in [4.69, 9.17) is 11.6 Å². The molecule has 0 aliphatic rings. The van der Waals surface area contributed by atoms with Gasteiger partial charge in [0.25, 0.3) is 0 Å². The van der Waals surface area contributed by atoms with Crippen molar-refractivity contribution in [2.45, 2.75) is 37.5 Å². The lowest BCUT2D eigenvalue weighted by molar-refractivity contribution is 0.341. The maximum atomic E-state index is 12.0. The average molecular weight is 333 g/mol. The molecule has 0 fully saturated rings. The van der Waals surface area contributed by atoms with Crippen molar-refractivity contribution >= 4 is 21.6 Å². The first kappa shape index (κ1) is 18.4. The number of nitrogens with one attached hydrogen (secondary N) is 1. The molecule has 0 amide bonds. The van der Waals surface area contributed by atoms with Crippen molar-refractivity contribution in [1.29, 1.82) is 0 Å². The maximum absolute atomic E-state index is 12.0. The van der Waals surface area contributed by atoms with Gasteiger partial charge in [-0.15, -0.1) is 0 Å². The molecule has 0 saturated heterocycles. The first-order valence-corrected chi connectivity index (χ1v) is 9.25. The number of hydrogen-bond acceptors (Lipinski definition) is 3. The normalized spacial score (nSPS) is 12.0. The van der Waals surface area contributed by atoms with E-state index in [0.29, 0.717) is 11.6 Å². The Labute approximate surface area is 133 Å². The zero-order chi connectivity index (χ0) is 15.7. The van der Waals surface area contributed by atoms with Crippen LogP contribution in [0, 0.1) is 0 Å². The predicted molar refractivity (Wildman–Crippen MR) is 88.3 cm³/mol. The van der Waals surface area contributed by atoms with Gasteiger partial charge in [0.1, 0.15) is 0 Å². The van der Waals surface area contributed by atoms with Crippen LogP contribution < -0.4 is 4.72 Å². The van der Waals surface area contributed by atoms with Crippen molar-refractivity contribution < 1.29 is 8.42 Å². The fraction of sp³-hybridized carbons (Fsp3) is 0.600. The molecule has 0 heterocycles. The van der Waals surface area contributed by atoms with Gasteiger partial charge in [-0.1, -0.05) is 31.4 Å². The van der Waals surface area contributed by atoms with Gasteiger partial charge < -0.3 is 4.90 Å². The highest BCUT2D eigenvalue weighted by molar-refractivity contribution is 7.89. The standard InChI is InChI=1S/C15H25ClN2O2S/c1-3-18(2)13-7-5-4-6-12-17-21(19,20)15-10-8-14(16)9-11-15/h8-11,17H,3-7,12-13H2,1-2H3. The third kappa shape index (κ3) is 7.27. The molecule has 0 bridgehead atoms. The van der Waals surface area contributed by atoms with Gasteiger partial charge in [0.15, 0.2) is 0 Å². The van der Waals surface area contributed by atoms with E-state index in [1.54, 1.807) is 12.1 Å². The van der Waals surface area contributed by atoms with Crippen LogP contribution in [0.15, 0.2) is 29.2 Å². The highest BCUT2D eigenvalue weighted by Crippen LogP contribution is 2.13. The molecule has 0 unspecified atom stereocenters. The van der Waals surface area contributed by atoms with E-state index >= 15 is 0 Å². The van der Waals surface area contributed by atoms with Crippen molar-refractivity contribution in [1.82, 2.24) is 9.62 Å². The molecule has 21 heavy (non-hydrogen) atoms. The van der Waals surface area contributed by atoms with E-state index in [2.05, 4.69) is 23.6 Å². The SMILES string of the molecule is CCN(C)CCCCCCNS(=O)(=O)c1ccc(Cl)cc1. The zero-order valence-corrected chi connectivity index (χ0v) is 14.4. The van der Waals surface area contributed by atoms with Crippen LogP contribution in [-0.4, -0.2) is 40.0 Å². The van der Waals surface area contributed by atoms with Crippen LogP contribution in [-0.2, 0) is 10.0 Å². The number of unbranched alkanes of at least 4 members (excludes halogenated alkanes) is 3. The van der Waals surface area contributed by atoms with Gasteiger partial charge in [0.2, 0.25) is 10.0 Å². The largest absolute Gasteiger partial charge is 0.307 e. The number of halogens is 1. The Balaban J connectivity index is 2.21. The lowest BCUT2D eigenvalue weighted by Crippen LogP contribution is -2.24. The minimum atomic E-state index is -3.40. The number of rotatable bonds is 10. The second kappa shape index (κ2) is 9.41. The lowest BCUT2D eigenvalue weighted by atomic mass is 10.2. The fourth-order valence-corrected chi connectivity index (χ4v) is 3.12. The quantitative estimate of drug-likeness (QED) is 0.670. The molecule has 0 radical (unpaired) electrons. The van der Waals surface area contributed by atoms with Crippen LogP contribution in [0.4, 0.5) is 0 Å². The first-order chi connectivity index (χ1) is 9.95. The monoisotopic (exact) mass is 332 g/mol. The summed E-state index contributed by atoms with van der Waals surface area (Å²) in [5.41, 5.74) is 0. The Morgan fingerprint density at radius 1 is 1.10 bits per heavy atom. The summed E-state index contributed by atoms with van der Waals surface area (Å²) >= 11 is 5.75. The summed E-state index contributed by atoms with van der Waals surface area (Å²) in [6.07, 6.45) is 4.20. The van der Waals surface area contributed by atoms with Crippen LogP contribution in [0.5, 0.6) is 0 Å². The van der Waals surface area contributed by atoms with Crippen molar-refractivity contribution in [2.75, 3.05) is 26.7 Å². The van der Waals surface area contributed by atoms with Gasteiger partial charge in [0, 0.05) is 11.6 Å². The molecule has 1 rings (SSSR count). The van der Waals surface area contributed by atoms with E-state index in [9.17, 15) is 8.42 Å². The molecule has 4 nitrogen and oxygen atoms in total. The fourth-order valence-electron chi connectivity index (χ4n) is 1.92.